The second kappa shape index (κ2) is 13.7. The molecule has 0 bridgehead atoms. The van der Waals surface area contributed by atoms with Gasteiger partial charge in [-0.15, -0.1) is 11.3 Å². The molecule has 0 amide bonds. The molecular formula is C50H30N6S. The Hall–Kier alpha value is -7.48. The highest BCUT2D eigenvalue weighted by atomic mass is 32.1. The summed E-state index contributed by atoms with van der Waals surface area (Å²) in [6, 6.07) is 60.4. The third-order valence-corrected chi connectivity index (χ3v) is 11.5. The number of rotatable bonds is 6. The summed E-state index contributed by atoms with van der Waals surface area (Å²) in [5.41, 5.74) is 8.60. The van der Waals surface area contributed by atoms with Crippen LogP contribution in [-0.4, -0.2) is 29.9 Å². The molecule has 11 aromatic rings. The van der Waals surface area contributed by atoms with Crippen LogP contribution in [0.4, 0.5) is 0 Å². The Labute approximate surface area is 331 Å². The van der Waals surface area contributed by atoms with Crippen molar-refractivity contribution < 1.29 is 0 Å². The molecule has 0 spiro atoms. The molecule has 0 atom stereocenters. The van der Waals surface area contributed by atoms with Crippen LogP contribution in [0.2, 0.25) is 0 Å². The van der Waals surface area contributed by atoms with Crippen molar-refractivity contribution in [3.63, 3.8) is 0 Å². The molecule has 6 nitrogen and oxygen atoms in total. The van der Waals surface area contributed by atoms with Crippen LogP contribution in [0.25, 0.3) is 110 Å². The van der Waals surface area contributed by atoms with Gasteiger partial charge in [0, 0.05) is 45.0 Å². The highest BCUT2D eigenvalue weighted by molar-refractivity contribution is 7.25. The third kappa shape index (κ3) is 6.07. The number of benzene rings is 7. The molecule has 0 radical (unpaired) electrons. The van der Waals surface area contributed by atoms with E-state index in [9.17, 15) is 0 Å². The monoisotopic (exact) mass is 746 g/mol. The Kier molecular flexibility index (Phi) is 7.89. The summed E-state index contributed by atoms with van der Waals surface area (Å²) in [7, 11) is 0. The molecule has 0 saturated carbocycles. The first-order chi connectivity index (χ1) is 28.2. The van der Waals surface area contributed by atoms with Gasteiger partial charge in [-0.05, 0) is 51.4 Å². The Morgan fingerprint density at radius 3 is 1.40 bits per heavy atom. The summed E-state index contributed by atoms with van der Waals surface area (Å²) in [6.45, 7) is 0. The number of thiophene rings is 1. The van der Waals surface area contributed by atoms with E-state index < -0.39 is 0 Å². The summed E-state index contributed by atoms with van der Waals surface area (Å²) in [6.07, 6.45) is 1.97. The minimum absolute atomic E-state index is 0.597. The van der Waals surface area contributed by atoms with Gasteiger partial charge >= 0.3 is 0 Å². The molecule has 0 aliphatic rings. The smallest absolute Gasteiger partial charge is 0.164 e. The molecule has 0 fully saturated rings. The fourth-order valence-corrected chi connectivity index (χ4v) is 8.51. The molecule has 0 unspecified atom stereocenters. The van der Waals surface area contributed by atoms with Crippen molar-refractivity contribution in [3.8, 4) is 67.9 Å². The Balaban J connectivity index is 1.03. The lowest BCUT2D eigenvalue weighted by Crippen LogP contribution is -2.00. The molecule has 0 saturated heterocycles. The zero-order valence-electron chi connectivity index (χ0n) is 30.4. The van der Waals surface area contributed by atoms with Crippen molar-refractivity contribution in [1.82, 2.24) is 29.9 Å². The van der Waals surface area contributed by atoms with Gasteiger partial charge in [-0.2, -0.15) is 0 Å². The van der Waals surface area contributed by atoms with Crippen molar-refractivity contribution in [2.75, 3.05) is 0 Å². The van der Waals surface area contributed by atoms with Crippen LogP contribution in [0.5, 0.6) is 0 Å². The lowest BCUT2D eigenvalue weighted by Gasteiger charge is -2.10. The SMILES string of the molecule is c1ccc(-c2nc(-c3ccccc3)nc(-c3ccc(-c4nc(-c5ccccc5)c5sc6ncc(-c7ccc8cc9ccccc9cc8c7)cc6c5n4)cc3)n2)cc1. The zero-order valence-corrected chi connectivity index (χ0v) is 31.2. The number of aromatic nitrogens is 6. The molecule has 7 aromatic carbocycles. The largest absolute Gasteiger partial charge is 0.245 e. The second-order valence-corrected chi connectivity index (χ2v) is 15.0. The molecule has 7 heteroatoms. The van der Waals surface area contributed by atoms with Crippen molar-refractivity contribution in [3.05, 3.63) is 182 Å². The van der Waals surface area contributed by atoms with Crippen LogP contribution in [-0.2, 0) is 0 Å². The van der Waals surface area contributed by atoms with E-state index in [0.29, 0.717) is 23.3 Å². The highest BCUT2D eigenvalue weighted by Crippen LogP contribution is 2.40. The fraction of sp³-hybridized carbons (Fsp3) is 0. The minimum atomic E-state index is 0.597. The van der Waals surface area contributed by atoms with E-state index in [2.05, 4.69) is 84.9 Å². The topological polar surface area (TPSA) is 77.3 Å². The maximum atomic E-state index is 5.27. The molecule has 0 aliphatic heterocycles. The lowest BCUT2D eigenvalue weighted by molar-refractivity contribution is 1.07. The number of fused-ring (bicyclic) bond motifs is 5. The van der Waals surface area contributed by atoms with Gasteiger partial charge in [-0.1, -0.05) is 152 Å². The number of hydrogen-bond acceptors (Lipinski definition) is 7. The summed E-state index contributed by atoms with van der Waals surface area (Å²) < 4.78 is 1.01. The van der Waals surface area contributed by atoms with Gasteiger partial charge in [0.25, 0.3) is 0 Å². The number of pyridine rings is 1. The maximum absolute atomic E-state index is 5.27. The van der Waals surface area contributed by atoms with E-state index in [1.54, 1.807) is 11.3 Å². The van der Waals surface area contributed by atoms with E-state index >= 15 is 0 Å². The number of hydrogen-bond donors (Lipinski definition) is 0. The first-order valence-electron chi connectivity index (χ1n) is 18.8. The first-order valence-corrected chi connectivity index (χ1v) is 19.6. The van der Waals surface area contributed by atoms with E-state index in [-0.39, 0.29) is 0 Å². The molecule has 0 N–H and O–H groups in total. The predicted octanol–water partition coefficient (Wildman–Crippen LogP) is 12.7. The second-order valence-electron chi connectivity index (χ2n) is 14.0. The van der Waals surface area contributed by atoms with E-state index in [1.807, 2.05) is 97.2 Å². The van der Waals surface area contributed by atoms with Crippen LogP contribution in [0.15, 0.2) is 182 Å². The van der Waals surface area contributed by atoms with Gasteiger partial charge in [0.1, 0.15) is 4.83 Å². The van der Waals surface area contributed by atoms with Crippen molar-refractivity contribution in [1.29, 1.82) is 0 Å². The van der Waals surface area contributed by atoms with Gasteiger partial charge in [0.15, 0.2) is 23.3 Å². The van der Waals surface area contributed by atoms with E-state index in [0.717, 1.165) is 65.1 Å². The fourth-order valence-electron chi connectivity index (χ4n) is 7.43. The molecule has 11 rings (SSSR count). The average Bonchev–Trinajstić information content (AvgIpc) is 3.66. The van der Waals surface area contributed by atoms with Gasteiger partial charge in [0.05, 0.1) is 15.9 Å². The molecule has 57 heavy (non-hydrogen) atoms. The molecule has 4 heterocycles. The van der Waals surface area contributed by atoms with Crippen LogP contribution >= 0.6 is 11.3 Å². The van der Waals surface area contributed by atoms with Gasteiger partial charge < -0.3 is 0 Å². The van der Waals surface area contributed by atoms with E-state index in [4.69, 9.17) is 29.9 Å². The van der Waals surface area contributed by atoms with Crippen LogP contribution in [0.1, 0.15) is 0 Å². The van der Waals surface area contributed by atoms with Crippen LogP contribution < -0.4 is 0 Å². The van der Waals surface area contributed by atoms with Crippen molar-refractivity contribution in [2.45, 2.75) is 0 Å². The van der Waals surface area contributed by atoms with Gasteiger partial charge in [-0.25, -0.2) is 29.9 Å². The molecular weight excluding hydrogens is 717 g/mol. The minimum Gasteiger partial charge on any atom is -0.245 e. The summed E-state index contributed by atoms with van der Waals surface area (Å²) in [4.78, 5) is 31.1. The van der Waals surface area contributed by atoms with Crippen LogP contribution in [0, 0.1) is 0 Å². The quantitative estimate of drug-likeness (QED) is 0.158. The van der Waals surface area contributed by atoms with Crippen molar-refractivity contribution in [2.24, 2.45) is 0 Å². The first kappa shape index (κ1) is 32.9. The normalized spacial score (nSPS) is 11.5. The molecule has 0 aliphatic carbocycles. The Bertz CT molecular complexity index is 3220. The van der Waals surface area contributed by atoms with Crippen LogP contribution in [0.3, 0.4) is 0 Å². The maximum Gasteiger partial charge on any atom is 0.164 e. The third-order valence-electron chi connectivity index (χ3n) is 10.4. The Morgan fingerprint density at radius 1 is 0.333 bits per heavy atom. The molecule has 4 aromatic heterocycles. The molecule has 266 valence electrons. The summed E-state index contributed by atoms with van der Waals surface area (Å²) >= 11 is 1.63. The predicted molar refractivity (Wildman–Crippen MR) is 234 cm³/mol. The number of nitrogens with zero attached hydrogens (tertiary/aromatic N) is 6. The highest BCUT2D eigenvalue weighted by Gasteiger charge is 2.19. The lowest BCUT2D eigenvalue weighted by atomic mass is 9.99. The summed E-state index contributed by atoms with van der Waals surface area (Å²) in [5, 5.41) is 5.89. The van der Waals surface area contributed by atoms with Gasteiger partial charge in [-0.3, -0.25) is 0 Å². The standard InChI is InChI=1S/C50H30N6S/c1-4-12-31(13-5-1)43-45-44(42-29-41(30-51-50(42)57-45)39-25-24-38-26-36-18-10-11-19-37(36)27-40(38)28-39)53-46(52-43)34-20-22-35(23-21-34)49-55-47(32-14-6-2-7-15-32)54-48(56-49)33-16-8-3-9-17-33/h1-30H. The van der Waals surface area contributed by atoms with Crippen molar-refractivity contribution >= 4 is 53.3 Å². The van der Waals surface area contributed by atoms with E-state index in [1.165, 1.54) is 21.5 Å². The summed E-state index contributed by atoms with van der Waals surface area (Å²) in [5.74, 6) is 2.49. The Morgan fingerprint density at radius 2 is 0.807 bits per heavy atom. The van der Waals surface area contributed by atoms with Gasteiger partial charge in [0.2, 0.25) is 0 Å². The zero-order chi connectivity index (χ0) is 37.7. The average molecular weight is 747 g/mol.